The minimum atomic E-state index is -0.783. The zero-order chi connectivity index (χ0) is 8.69. The molecular weight excluding hydrogens is 141 g/mol. The smallest absolute Gasteiger partial charge is 0.115 e. The van der Waals surface area contributed by atoms with Crippen LogP contribution in [-0.2, 0) is 0 Å². The average molecular weight is 161 g/mol. The summed E-state index contributed by atoms with van der Waals surface area (Å²) in [5, 5.41) is 0. The summed E-state index contributed by atoms with van der Waals surface area (Å²) in [5.41, 5.74) is 5.26. The maximum Gasteiger partial charge on any atom is 0.115 e. The Morgan fingerprint density at radius 1 is 1.18 bits per heavy atom. The third-order valence-corrected chi connectivity index (χ3v) is 2.06. The largest absolute Gasteiger partial charge is 0.328 e. The number of nitrogens with two attached hydrogens (primary N) is 1. The lowest BCUT2D eigenvalue weighted by Crippen LogP contribution is -2.24. The summed E-state index contributed by atoms with van der Waals surface area (Å²) in [6.07, 6.45) is 3.30. The van der Waals surface area contributed by atoms with E-state index in [-0.39, 0.29) is 12.5 Å². The van der Waals surface area contributed by atoms with Gasteiger partial charge in [-0.25, -0.2) is 4.39 Å². The first kappa shape index (κ1) is 10.9. The van der Waals surface area contributed by atoms with Crippen molar-refractivity contribution in [1.82, 2.24) is 0 Å². The van der Waals surface area contributed by atoms with Gasteiger partial charge in [0.25, 0.3) is 0 Å². The van der Waals surface area contributed by atoms with Crippen LogP contribution in [0.15, 0.2) is 0 Å². The van der Waals surface area contributed by atoms with Gasteiger partial charge in [-0.2, -0.15) is 0 Å². The molecule has 2 heteroatoms. The lowest BCUT2D eigenvalue weighted by molar-refractivity contribution is 0.210. The molecule has 68 valence electrons. The molecule has 0 bridgehead atoms. The van der Waals surface area contributed by atoms with Crippen LogP contribution in [-0.4, -0.2) is 12.7 Å². The molecule has 0 fully saturated rings. The summed E-state index contributed by atoms with van der Waals surface area (Å²) in [6.45, 7) is 4.36. The molecule has 0 rings (SSSR count). The monoisotopic (exact) mass is 161 g/mol. The predicted molar refractivity (Wildman–Crippen MR) is 47.3 cm³/mol. The summed E-state index contributed by atoms with van der Waals surface area (Å²) in [7, 11) is 0. The highest BCUT2D eigenvalue weighted by Crippen LogP contribution is 2.19. The Morgan fingerprint density at radius 2 is 1.64 bits per heavy atom. The van der Waals surface area contributed by atoms with Crippen LogP contribution in [0.1, 0.15) is 39.5 Å². The van der Waals surface area contributed by atoms with Crippen molar-refractivity contribution in [2.24, 2.45) is 11.7 Å². The Kier molecular flexibility index (Phi) is 6.52. The van der Waals surface area contributed by atoms with E-state index in [1.807, 2.05) is 0 Å². The van der Waals surface area contributed by atoms with Crippen LogP contribution in [0.3, 0.4) is 0 Å². The Hall–Kier alpha value is -0.110. The summed E-state index contributed by atoms with van der Waals surface area (Å²) in [6, 6.07) is 0. The summed E-state index contributed by atoms with van der Waals surface area (Å²) in [4.78, 5) is 0. The van der Waals surface area contributed by atoms with Crippen LogP contribution in [0.4, 0.5) is 4.39 Å². The molecule has 0 aromatic rings. The van der Waals surface area contributed by atoms with Crippen molar-refractivity contribution in [2.45, 2.75) is 45.7 Å². The van der Waals surface area contributed by atoms with E-state index in [9.17, 15) is 4.39 Å². The number of alkyl halides is 1. The van der Waals surface area contributed by atoms with Gasteiger partial charge in [0.05, 0.1) is 0 Å². The van der Waals surface area contributed by atoms with Crippen molar-refractivity contribution in [1.29, 1.82) is 0 Å². The first-order valence-electron chi connectivity index (χ1n) is 4.60. The van der Waals surface area contributed by atoms with E-state index in [1.54, 1.807) is 0 Å². The molecule has 0 aliphatic carbocycles. The van der Waals surface area contributed by atoms with E-state index in [1.165, 1.54) is 0 Å². The van der Waals surface area contributed by atoms with Gasteiger partial charge in [-0.1, -0.05) is 26.7 Å². The highest BCUT2D eigenvalue weighted by atomic mass is 19.1. The lowest BCUT2D eigenvalue weighted by Gasteiger charge is -2.18. The lowest BCUT2D eigenvalue weighted by atomic mass is 9.93. The van der Waals surface area contributed by atoms with Crippen LogP contribution in [0.5, 0.6) is 0 Å². The summed E-state index contributed by atoms with van der Waals surface area (Å²) in [5.74, 6) is 0.204. The van der Waals surface area contributed by atoms with Gasteiger partial charge >= 0.3 is 0 Å². The van der Waals surface area contributed by atoms with E-state index in [0.717, 1.165) is 25.7 Å². The van der Waals surface area contributed by atoms with Gasteiger partial charge < -0.3 is 5.73 Å². The molecule has 0 radical (unpaired) electrons. The van der Waals surface area contributed by atoms with E-state index in [2.05, 4.69) is 13.8 Å². The fourth-order valence-electron chi connectivity index (χ4n) is 1.44. The number of rotatable bonds is 6. The van der Waals surface area contributed by atoms with Crippen LogP contribution in [0.2, 0.25) is 0 Å². The predicted octanol–water partition coefficient (Wildman–Crippen LogP) is 2.50. The minimum Gasteiger partial charge on any atom is -0.328 e. The quantitative estimate of drug-likeness (QED) is 0.636. The van der Waals surface area contributed by atoms with Crippen molar-refractivity contribution in [3.05, 3.63) is 0 Å². The third-order valence-electron chi connectivity index (χ3n) is 2.06. The summed E-state index contributed by atoms with van der Waals surface area (Å²) < 4.78 is 13.0. The molecule has 0 saturated carbocycles. The van der Waals surface area contributed by atoms with E-state index < -0.39 is 6.17 Å². The van der Waals surface area contributed by atoms with Gasteiger partial charge in [-0.3, -0.25) is 0 Å². The van der Waals surface area contributed by atoms with Crippen LogP contribution < -0.4 is 5.73 Å². The Labute approximate surface area is 69.2 Å². The zero-order valence-electron chi connectivity index (χ0n) is 7.65. The molecule has 0 aliphatic heterocycles. The molecule has 1 atom stereocenters. The van der Waals surface area contributed by atoms with E-state index >= 15 is 0 Å². The fraction of sp³-hybridized carbons (Fsp3) is 1.00. The van der Waals surface area contributed by atoms with Gasteiger partial charge in [-0.15, -0.1) is 0 Å². The van der Waals surface area contributed by atoms with Crippen molar-refractivity contribution in [3.63, 3.8) is 0 Å². The molecule has 0 heterocycles. The third kappa shape index (κ3) is 4.35. The molecule has 0 aliphatic rings. The van der Waals surface area contributed by atoms with Crippen LogP contribution >= 0.6 is 0 Å². The fourth-order valence-corrected chi connectivity index (χ4v) is 1.44. The van der Waals surface area contributed by atoms with E-state index in [4.69, 9.17) is 5.73 Å². The SMILES string of the molecule is CCCC(CCC)C(F)CN. The second-order valence-corrected chi connectivity index (χ2v) is 3.09. The molecule has 0 aromatic heterocycles. The Morgan fingerprint density at radius 3 is 1.91 bits per heavy atom. The van der Waals surface area contributed by atoms with Crippen molar-refractivity contribution in [3.8, 4) is 0 Å². The highest BCUT2D eigenvalue weighted by molar-refractivity contribution is 4.68. The van der Waals surface area contributed by atoms with Gasteiger partial charge in [0.1, 0.15) is 6.17 Å². The van der Waals surface area contributed by atoms with Crippen molar-refractivity contribution >= 4 is 0 Å². The maximum atomic E-state index is 13.0. The zero-order valence-corrected chi connectivity index (χ0v) is 7.65. The molecule has 2 N–H and O–H groups in total. The molecule has 11 heavy (non-hydrogen) atoms. The molecule has 0 aromatic carbocycles. The van der Waals surface area contributed by atoms with Crippen LogP contribution in [0.25, 0.3) is 0 Å². The number of hydrogen-bond donors (Lipinski definition) is 1. The van der Waals surface area contributed by atoms with E-state index in [0.29, 0.717) is 0 Å². The second kappa shape index (κ2) is 6.59. The minimum absolute atomic E-state index is 0.185. The number of hydrogen-bond acceptors (Lipinski definition) is 1. The normalized spacial score (nSPS) is 13.9. The average Bonchev–Trinajstić information content (AvgIpc) is 2.03. The molecule has 0 saturated heterocycles. The Bertz CT molecular complexity index is 79.6. The van der Waals surface area contributed by atoms with Crippen LogP contribution in [0, 0.1) is 5.92 Å². The van der Waals surface area contributed by atoms with Crippen molar-refractivity contribution < 1.29 is 4.39 Å². The first-order chi connectivity index (χ1) is 5.26. The molecule has 1 nitrogen and oxygen atoms in total. The number of halogens is 1. The van der Waals surface area contributed by atoms with Gasteiger partial charge in [0, 0.05) is 6.54 Å². The molecule has 0 spiro atoms. The second-order valence-electron chi connectivity index (χ2n) is 3.09. The summed E-state index contributed by atoms with van der Waals surface area (Å²) >= 11 is 0. The van der Waals surface area contributed by atoms with Gasteiger partial charge in [0.2, 0.25) is 0 Å². The molecule has 1 unspecified atom stereocenters. The van der Waals surface area contributed by atoms with Gasteiger partial charge in [0.15, 0.2) is 0 Å². The van der Waals surface area contributed by atoms with Crippen molar-refractivity contribution in [2.75, 3.05) is 6.54 Å². The molecule has 0 amide bonds. The van der Waals surface area contributed by atoms with Gasteiger partial charge in [-0.05, 0) is 18.8 Å². The Balaban J connectivity index is 3.66. The topological polar surface area (TPSA) is 26.0 Å². The molecular formula is C9H20FN. The standard InChI is InChI=1S/C9H20FN/c1-3-5-8(6-4-2)9(10)7-11/h8-9H,3-7,11H2,1-2H3. The highest BCUT2D eigenvalue weighted by Gasteiger charge is 2.17. The first-order valence-corrected chi connectivity index (χ1v) is 4.60. The maximum absolute atomic E-state index is 13.0.